The van der Waals surface area contributed by atoms with Crippen molar-refractivity contribution in [2.45, 2.75) is 6.17 Å². The van der Waals surface area contributed by atoms with Gasteiger partial charge in [-0.3, -0.25) is 14.6 Å². The highest BCUT2D eigenvalue weighted by Crippen LogP contribution is 2.25. The van der Waals surface area contributed by atoms with Crippen molar-refractivity contribution in [3.05, 3.63) is 36.7 Å². The Bertz CT molecular complexity index is 677. The molecule has 1 aromatic carbocycles. The minimum Gasteiger partial charge on any atom is -0.497 e. The SMILES string of the molecule is C#CCN1NC2C(=O)N(c3ccc(OC)cc3)C=CN2C1=O. The number of hydrazine groups is 1. The molecule has 112 valence electrons. The van der Waals surface area contributed by atoms with Crippen molar-refractivity contribution in [1.82, 2.24) is 15.3 Å². The van der Waals surface area contributed by atoms with Crippen molar-refractivity contribution >= 4 is 17.6 Å². The summed E-state index contributed by atoms with van der Waals surface area (Å²) in [6.07, 6.45) is 7.54. The standard InChI is InChI=1S/C15H14N4O3/c1-3-8-19-15(21)18-10-9-17(14(20)13(18)16-19)11-4-6-12(22-2)7-5-11/h1,4-7,9-10,13,16H,8H2,2H3. The lowest BCUT2D eigenvalue weighted by Crippen LogP contribution is -2.51. The van der Waals surface area contributed by atoms with Gasteiger partial charge in [0.05, 0.1) is 13.7 Å². The van der Waals surface area contributed by atoms with Crippen LogP contribution in [0.15, 0.2) is 36.7 Å². The summed E-state index contributed by atoms with van der Waals surface area (Å²) < 4.78 is 5.10. The predicted molar refractivity (Wildman–Crippen MR) is 79.3 cm³/mol. The van der Waals surface area contributed by atoms with Gasteiger partial charge in [0.2, 0.25) is 0 Å². The summed E-state index contributed by atoms with van der Waals surface area (Å²) >= 11 is 0. The minimum atomic E-state index is -0.784. The van der Waals surface area contributed by atoms with Gasteiger partial charge in [0.1, 0.15) is 5.75 Å². The van der Waals surface area contributed by atoms with Crippen LogP contribution in [0.4, 0.5) is 10.5 Å². The number of ether oxygens (including phenoxy) is 1. The third kappa shape index (κ3) is 2.16. The molecule has 7 heteroatoms. The van der Waals surface area contributed by atoms with Gasteiger partial charge < -0.3 is 4.74 Å². The van der Waals surface area contributed by atoms with E-state index in [1.165, 1.54) is 14.8 Å². The molecule has 0 bridgehead atoms. The van der Waals surface area contributed by atoms with Crippen LogP contribution in [0.2, 0.25) is 0 Å². The van der Waals surface area contributed by atoms with Crippen molar-refractivity contribution in [3.8, 4) is 18.1 Å². The molecule has 1 N–H and O–H groups in total. The zero-order valence-electron chi connectivity index (χ0n) is 11.9. The Labute approximate surface area is 127 Å². The molecule has 0 saturated carbocycles. The maximum absolute atomic E-state index is 12.6. The second-order valence-electron chi connectivity index (χ2n) is 4.72. The zero-order chi connectivity index (χ0) is 15.7. The average Bonchev–Trinajstić information content (AvgIpc) is 2.86. The molecule has 1 aromatic rings. The zero-order valence-corrected chi connectivity index (χ0v) is 11.9. The summed E-state index contributed by atoms with van der Waals surface area (Å²) in [5, 5.41) is 1.24. The number of nitrogens with zero attached hydrogens (tertiary/aromatic N) is 3. The molecule has 3 amide bonds. The Morgan fingerprint density at radius 1 is 1.27 bits per heavy atom. The molecule has 1 atom stereocenters. The van der Waals surface area contributed by atoms with E-state index in [9.17, 15) is 9.59 Å². The number of amides is 3. The fraction of sp³-hybridized carbons (Fsp3) is 0.200. The van der Waals surface area contributed by atoms with Crippen LogP contribution in [0, 0.1) is 12.3 Å². The number of rotatable bonds is 3. The van der Waals surface area contributed by atoms with E-state index in [-0.39, 0.29) is 18.5 Å². The smallest absolute Gasteiger partial charge is 0.341 e. The number of methoxy groups -OCH3 is 1. The van der Waals surface area contributed by atoms with Gasteiger partial charge in [-0.05, 0) is 24.3 Å². The van der Waals surface area contributed by atoms with E-state index < -0.39 is 6.17 Å². The minimum absolute atomic E-state index is 0.0927. The van der Waals surface area contributed by atoms with Gasteiger partial charge in [-0.1, -0.05) is 5.92 Å². The fourth-order valence-corrected chi connectivity index (χ4v) is 2.34. The third-order valence-electron chi connectivity index (χ3n) is 3.46. The lowest BCUT2D eigenvalue weighted by atomic mass is 10.2. The maximum atomic E-state index is 12.6. The van der Waals surface area contributed by atoms with Gasteiger partial charge in [-0.15, -0.1) is 6.42 Å². The van der Waals surface area contributed by atoms with Crippen LogP contribution in [-0.4, -0.2) is 41.7 Å². The van der Waals surface area contributed by atoms with Crippen LogP contribution in [0.1, 0.15) is 0 Å². The number of carbonyl (C=O) groups excluding carboxylic acids is 2. The fourth-order valence-electron chi connectivity index (χ4n) is 2.34. The molecule has 0 aliphatic carbocycles. The van der Waals surface area contributed by atoms with Crippen LogP contribution >= 0.6 is 0 Å². The van der Waals surface area contributed by atoms with Crippen LogP contribution in [0.25, 0.3) is 0 Å². The second-order valence-corrected chi connectivity index (χ2v) is 4.72. The number of hydrogen-bond acceptors (Lipinski definition) is 4. The lowest BCUT2D eigenvalue weighted by Gasteiger charge is -2.29. The Kier molecular flexibility index (Phi) is 3.45. The monoisotopic (exact) mass is 298 g/mol. The molecule has 1 saturated heterocycles. The maximum Gasteiger partial charge on any atom is 0.341 e. The highest BCUT2D eigenvalue weighted by Gasteiger charge is 2.43. The molecule has 3 rings (SSSR count). The number of urea groups is 1. The second kappa shape index (κ2) is 5.42. The lowest BCUT2D eigenvalue weighted by molar-refractivity contribution is -0.122. The van der Waals surface area contributed by atoms with E-state index in [4.69, 9.17) is 11.2 Å². The molecular weight excluding hydrogens is 284 g/mol. The normalized spacial score (nSPS) is 20.2. The molecule has 2 aliphatic heterocycles. The average molecular weight is 298 g/mol. The van der Waals surface area contributed by atoms with Gasteiger partial charge in [-0.2, -0.15) is 5.43 Å². The predicted octanol–water partition coefficient (Wildman–Crippen LogP) is 0.714. The third-order valence-corrected chi connectivity index (χ3v) is 3.46. The van der Waals surface area contributed by atoms with E-state index >= 15 is 0 Å². The first-order chi connectivity index (χ1) is 10.7. The van der Waals surface area contributed by atoms with Crippen molar-refractivity contribution in [2.24, 2.45) is 0 Å². The van der Waals surface area contributed by atoms with E-state index in [0.29, 0.717) is 11.4 Å². The van der Waals surface area contributed by atoms with Crippen LogP contribution < -0.4 is 15.1 Å². The number of fused-ring (bicyclic) bond motifs is 1. The number of hydrogen-bond donors (Lipinski definition) is 1. The molecule has 0 spiro atoms. The first kappa shape index (κ1) is 14.0. The van der Waals surface area contributed by atoms with Crippen molar-refractivity contribution < 1.29 is 14.3 Å². The number of benzene rings is 1. The van der Waals surface area contributed by atoms with Crippen LogP contribution in [0.3, 0.4) is 0 Å². The molecule has 7 nitrogen and oxygen atoms in total. The highest BCUT2D eigenvalue weighted by atomic mass is 16.5. The first-order valence-electron chi connectivity index (χ1n) is 6.60. The van der Waals surface area contributed by atoms with Crippen molar-refractivity contribution in [3.63, 3.8) is 0 Å². The summed E-state index contributed by atoms with van der Waals surface area (Å²) in [6, 6.07) is 6.72. The Hall–Kier alpha value is -2.98. The molecule has 0 aromatic heterocycles. The summed E-state index contributed by atoms with van der Waals surface area (Å²) in [5.74, 6) is 2.81. The summed E-state index contributed by atoms with van der Waals surface area (Å²) in [5.41, 5.74) is 3.50. The van der Waals surface area contributed by atoms with Crippen molar-refractivity contribution in [1.29, 1.82) is 0 Å². The van der Waals surface area contributed by atoms with Gasteiger partial charge in [0, 0.05) is 18.1 Å². The molecule has 2 heterocycles. The van der Waals surface area contributed by atoms with Crippen LogP contribution in [0.5, 0.6) is 5.75 Å². The number of nitrogens with one attached hydrogen (secondary N) is 1. The topological polar surface area (TPSA) is 65.1 Å². The summed E-state index contributed by atoms with van der Waals surface area (Å²) in [7, 11) is 1.58. The number of anilines is 1. The Morgan fingerprint density at radius 2 is 2.00 bits per heavy atom. The summed E-state index contributed by atoms with van der Waals surface area (Å²) in [6.45, 7) is 0.0927. The number of terminal acetylenes is 1. The Balaban J connectivity index is 1.85. The van der Waals surface area contributed by atoms with Gasteiger partial charge >= 0.3 is 6.03 Å². The van der Waals surface area contributed by atoms with Gasteiger partial charge in [-0.25, -0.2) is 9.80 Å². The van der Waals surface area contributed by atoms with Crippen molar-refractivity contribution in [2.75, 3.05) is 18.6 Å². The highest BCUT2D eigenvalue weighted by molar-refractivity contribution is 6.03. The largest absolute Gasteiger partial charge is 0.497 e. The van der Waals surface area contributed by atoms with E-state index in [1.807, 2.05) is 0 Å². The summed E-state index contributed by atoms with van der Waals surface area (Å²) in [4.78, 5) is 27.4. The number of carbonyl (C=O) groups is 2. The van der Waals surface area contributed by atoms with E-state index in [0.717, 1.165) is 0 Å². The van der Waals surface area contributed by atoms with Gasteiger partial charge in [0.15, 0.2) is 6.17 Å². The van der Waals surface area contributed by atoms with E-state index in [1.54, 1.807) is 43.8 Å². The molecule has 2 aliphatic rings. The Morgan fingerprint density at radius 3 is 2.64 bits per heavy atom. The van der Waals surface area contributed by atoms with Gasteiger partial charge in [0.25, 0.3) is 5.91 Å². The molecular formula is C15H14N4O3. The van der Waals surface area contributed by atoms with E-state index in [2.05, 4.69) is 11.3 Å². The molecule has 22 heavy (non-hydrogen) atoms. The molecule has 0 radical (unpaired) electrons. The van der Waals surface area contributed by atoms with Crippen LogP contribution in [-0.2, 0) is 4.79 Å². The first-order valence-corrected chi connectivity index (χ1v) is 6.60. The quantitative estimate of drug-likeness (QED) is 0.835. The molecule has 1 fully saturated rings. The molecule has 1 unspecified atom stereocenters.